The van der Waals surface area contributed by atoms with E-state index < -0.39 is 5.97 Å². The number of carbonyl (C=O) groups is 1. The maximum atomic E-state index is 12.6. The van der Waals surface area contributed by atoms with Gasteiger partial charge in [-0.1, -0.05) is 32.1 Å². The molecule has 0 radical (unpaired) electrons. The molecule has 0 unspecified atom stereocenters. The molecule has 3 rings (SSSR count). The second-order valence-electron chi connectivity index (χ2n) is 7.36. The molecule has 0 aliphatic heterocycles. The Morgan fingerprint density at radius 3 is 2.30 bits per heavy atom. The predicted molar refractivity (Wildman–Crippen MR) is 122 cm³/mol. The zero-order valence-corrected chi connectivity index (χ0v) is 17.6. The summed E-state index contributed by atoms with van der Waals surface area (Å²) in [5.74, 6) is -0.965. The van der Waals surface area contributed by atoms with Crippen LogP contribution in [0.25, 0.3) is 23.1 Å². The van der Waals surface area contributed by atoms with E-state index >= 15 is 0 Å². The second kappa shape index (κ2) is 9.44. The van der Waals surface area contributed by atoms with Crippen molar-refractivity contribution in [2.75, 3.05) is 18.0 Å². The van der Waals surface area contributed by atoms with Crippen molar-refractivity contribution in [1.29, 1.82) is 0 Å². The first-order valence-electron chi connectivity index (χ1n) is 10.3. The second-order valence-corrected chi connectivity index (χ2v) is 7.36. The van der Waals surface area contributed by atoms with Crippen LogP contribution in [0.15, 0.2) is 51.7 Å². The van der Waals surface area contributed by atoms with E-state index in [0.29, 0.717) is 11.1 Å². The van der Waals surface area contributed by atoms with Gasteiger partial charge in [0.05, 0.1) is 11.1 Å². The number of hydrogen-bond acceptors (Lipinski definition) is 4. The van der Waals surface area contributed by atoms with E-state index in [9.17, 15) is 9.59 Å². The van der Waals surface area contributed by atoms with E-state index in [1.165, 1.54) is 12.1 Å². The van der Waals surface area contributed by atoms with Gasteiger partial charge in [0.25, 0.3) is 0 Å². The molecule has 1 N–H and O–H groups in total. The lowest BCUT2D eigenvalue weighted by Crippen LogP contribution is -2.24. The Morgan fingerprint density at radius 2 is 1.70 bits per heavy atom. The van der Waals surface area contributed by atoms with Crippen LogP contribution < -0.4 is 10.5 Å². The van der Waals surface area contributed by atoms with Crippen LogP contribution in [0.1, 0.15) is 53.7 Å². The average molecular weight is 405 g/mol. The van der Waals surface area contributed by atoms with Crippen LogP contribution in [0, 0.1) is 6.92 Å². The fourth-order valence-electron chi connectivity index (χ4n) is 3.57. The number of hydrogen-bond donors (Lipinski definition) is 1. The van der Waals surface area contributed by atoms with Gasteiger partial charge in [-0.05, 0) is 61.2 Å². The Kier molecular flexibility index (Phi) is 6.72. The molecule has 0 fully saturated rings. The molecule has 0 saturated heterocycles. The number of aromatic carboxylic acids is 1. The lowest BCUT2D eigenvalue weighted by Gasteiger charge is -2.24. The van der Waals surface area contributed by atoms with Crippen molar-refractivity contribution < 1.29 is 14.3 Å². The summed E-state index contributed by atoms with van der Waals surface area (Å²) in [5, 5.41) is 9.91. The zero-order valence-electron chi connectivity index (χ0n) is 17.6. The smallest absolute Gasteiger partial charge is 0.343 e. The summed E-state index contributed by atoms with van der Waals surface area (Å²) < 4.78 is 5.65. The van der Waals surface area contributed by atoms with E-state index in [1.54, 1.807) is 24.3 Å². The largest absolute Gasteiger partial charge is 0.478 e. The summed E-state index contributed by atoms with van der Waals surface area (Å²) in [5.41, 5.74) is 3.67. The maximum absolute atomic E-state index is 12.6. The molecular weight excluding hydrogens is 378 g/mol. The number of rotatable bonds is 8. The minimum atomic E-state index is -0.965. The standard InChI is InChI=1S/C25H27NO4/c1-4-14-26(15-5-2)20-11-13-21-17(3)22(25(29)30-23(21)16-20)12-8-18-6-9-19(10-7-18)24(27)28/h6-13,16H,4-5,14-15H2,1-3H3,(H,27,28)/b12-8+. The summed E-state index contributed by atoms with van der Waals surface area (Å²) in [4.78, 5) is 25.9. The highest BCUT2D eigenvalue weighted by Crippen LogP contribution is 2.26. The van der Waals surface area contributed by atoms with Crippen LogP contribution in [0.3, 0.4) is 0 Å². The summed E-state index contributed by atoms with van der Waals surface area (Å²) in [6, 6.07) is 12.5. The number of fused-ring (bicyclic) bond motifs is 1. The van der Waals surface area contributed by atoms with E-state index in [1.807, 2.05) is 19.1 Å². The van der Waals surface area contributed by atoms with Crippen LogP contribution in [0.4, 0.5) is 5.69 Å². The van der Waals surface area contributed by atoms with Gasteiger partial charge in [-0.15, -0.1) is 0 Å². The van der Waals surface area contributed by atoms with Crippen molar-refractivity contribution >= 4 is 34.8 Å². The molecule has 5 nitrogen and oxygen atoms in total. The zero-order chi connectivity index (χ0) is 21.7. The molecule has 3 aromatic rings. The lowest BCUT2D eigenvalue weighted by molar-refractivity contribution is 0.0697. The average Bonchev–Trinajstić information content (AvgIpc) is 2.73. The van der Waals surface area contributed by atoms with Gasteiger partial charge in [-0.25, -0.2) is 9.59 Å². The highest BCUT2D eigenvalue weighted by atomic mass is 16.4. The highest BCUT2D eigenvalue weighted by molar-refractivity contribution is 5.89. The van der Waals surface area contributed by atoms with Gasteiger partial charge in [0.1, 0.15) is 5.58 Å². The Morgan fingerprint density at radius 1 is 1.03 bits per heavy atom. The molecule has 1 heterocycles. The number of benzene rings is 2. The first kappa shape index (κ1) is 21.4. The number of aryl methyl sites for hydroxylation is 1. The number of carboxylic acid groups (broad SMARTS) is 1. The van der Waals surface area contributed by atoms with Gasteiger partial charge in [-0.2, -0.15) is 0 Å². The topological polar surface area (TPSA) is 70.8 Å². The van der Waals surface area contributed by atoms with Gasteiger partial charge in [-0.3, -0.25) is 0 Å². The van der Waals surface area contributed by atoms with Crippen molar-refractivity contribution in [3.05, 3.63) is 75.1 Å². The molecule has 156 valence electrons. The van der Waals surface area contributed by atoms with Gasteiger partial charge in [0.15, 0.2) is 0 Å². The van der Waals surface area contributed by atoms with E-state index in [4.69, 9.17) is 9.52 Å². The molecule has 0 saturated carbocycles. The molecule has 0 spiro atoms. The number of anilines is 1. The SMILES string of the molecule is CCCN(CCC)c1ccc2c(C)c(/C=C/c3ccc(C(=O)O)cc3)c(=O)oc2c1. The molecule has 0 amide bonds. The molecular formula is C25H27NO4. The third kappa shape index (κ3) is 4.62. The van der Waals surface area contributed by atoms with E-state index in [2.05, 4.69) is 24.8 Å². The van der Waals surface area contributed by atoms with E-state index in [0.717, 1.165) is 48.1 Å². The normalized spacial score (nSPS) is 11.3. The third-order valence-corrected chi connectivity index (χ3v) is 5.15. The highest BCUT2D eigenvalue weighted by Gasteiger charge is 2.12. The monoisotopic (exact) mass is 405 g/mol. The molecule has 30 heavy (non-hydrogen) atoms. The fraction of sp³-hybridized carbons (Fsp3) is 0.280. The Bertz CT molecular complexity index is 1120. The predicted octanol–water partition coefficient (Wildman–Crippen LogP) is 5.60. The van der Waals surface area contributed by atoms with Crippen LogP contribution in [0.5, 0.6) is 0 Å². The number of carboxylic acids is 1. The van der Waals surface area contributed by atoms with Gasteiger partial charge < -0.3 is 14.4 Å². The Hall–Kier alpha value is -3.34. The van der Waals surface area contributed by atoms with Crippen molar-refractivity contribution in [2.24, 2.45) is 0 Å². The minimum Gasteiger partial charge on any atom is -0.478 e. The first-order chi connectivity index (χ1) is 14.4. The Balaban J connectivity index is 1.96. The molecule has 0 atom stereocenters. The van der Waals surface area contributed by atoms with Crippen LogP contribution in [-0.4, -0.2) is 24.2 Å². The van der Waals surface area contributed by atoms with Crippen molar-refractivity contribution in [2.45, 2.75) is 33.6 Å². The first-order valence-corrected chi connectivity index (χ1v) is 10.3. The van der Waals surface area contributed by atoms with Crippen LogP contribution >= 0.6 is 0 Å². The molecule has 1 aromatic heterocycles. The quantitative estimate of drug-likeness (QED) is 0.494. The van der Waals surface area contributed by atoms with Gasteiger partial charge >= 0.3 is 11.6 Å². The Labute approximate surface area is 176 Å². The van der Waals surface area contributed by atoms with Crippen molar-refractivity contribution in [3.63, 3.8) is 0 Å². The number of nitrogens with zero attached hydrogens (tertiary/aromatic N) is 1. The lowest BCUT2D eigenvalue weighted by atomic mass is 10.0. The van der Waals surface area contributed by atoms with Crippen LogP contribution in [0.2, 0.25) is 0 Å². The van der Waals surface area contributed by atoms with Crippen molar-refractivity contribution in [3.8, 4) is 0 Å². The summed E-state index contributed by atoms with van der Waals surface area (Å²) in [6.07, 6.45) is 5.62. The summed E-state index contributed by atoms with van der Waals surface area (Å²) in [6.45, 7) is 8.15. The fourth-order valence-corrected chi connectivity index (χ4v) is 3.57. The minimum absolute atomic E-state index is 0.226. The summed E-state index contributed by atoms with van der Waals surface area (Å²) in [7, 11) is 0. The molecule has 2 aromatic carbocycles. The molecule has 5 heteroatoms. The molecule has 0 bridgehead atoms. The summed E-state index contributed by atoms with van der Waals surface area (Å²) >= 11 is 0. The van der Waals surface area contributed by atoms with Crippen LogP contribution in [-0.2, 0) is 0 Å². The maximum Gasteiger partial charge on any atom is 0.343 e. The third-order valence-electron chi connectivity index (χ3n) is 5.15. The molecule has 0 aliphatic rings. The van der Waals surface area contributed by atoms with Gasteiger partial charge in [0.2, 0.25) is 0 Å². The van der Waals surface area contributed by atoms with E-state index in [-0.39, 0.29) is 11.2 Å². The molecule has 0 aliphatic carbocycles. The van der Waals surface area contributed by atoms with Crippen molar-refractivity contribution in [1.82, 2.24) is 0 Å². The van der Waals surface area contributed by atoms with Gasteiger partial charge in [0, 0.05) is 30.2 Å².